The van der Waals surface area contributed by atoms with E-state index in [2.05, 4.69) is 20.8 Å². The number of rotatable bonds is 5. The molecule has 0 aromatic rings. The van der Waals surface area contributed by atoms with Crippen LogP contribution in [0.2, 0.25) is 0 Å². The van der Waals surface area contributed by atoms with Crippen LogP contribution in [0.25, 0.3) is 0 Å². The molecule has 0 bridgehead atoms. The van der Waals surface area contributed by atoms with Gasteiger partial charge in [-0.2, -0.15) is 0 Å². The highest BCUT2D eigenvalue weighted by Crippen LogP contribution is 2.13. The van der Waals surface area contributed by atoms with Gasteiger partial charge < -0.3 is 9.84 Å². The molecule has 12 heavy (non-hydrogen) atoms. The van der Waals surface area contributed by atoms with Crippen molar-refractivity contribution < 1.29 is 9.84 Å². The first kappa shape index (κ1) is 11.9. The third kappa shape index (κ3) is 8.02. The van der Waals surface area contributed by atoms with Gasteiger partial charge in [0.05, 0.1) is 6.61 Å². The van der Waals surface area contributed by atoms with Crippen LogP contribution in [0.1, 0.15) is 34.1 Å². The molecule has 0 aliphatic rings. The van der Waals surface area contributed by atoms with Crippen molar-refractivity contribution in [2.24, 2.45) is 11.3 Å². The third-order valence-corrected chi connectivity index (χ3v) is 1.60. The number of hydrogen-bond acceptors (Lipinski definition) is 2. The Morgan fingerprint density at radius 2 is 1.92 bits per heavy atom. The van der Waals surface area contributed by atoms with Crippen LogP contribution in [0, 0.1) is 11.3 Å². The van der Waals surface area contributed by atoms with E-state index in [9.17, 15) is 0 Å². The fraction of sp³-hybridized carbons (Fsp3) is 1.00. The summed E-state index contributed by atoms with van der Waals surface area (Å²) in [6, 6.07) is 0. The molecule has 0 saturated carbocycles. The normalized spacial score (nSPS) is 14.8. The Kier molecular flexibility index (Phi) is 5.51. The minimum atomic E-state index is 0.252. The number of aliphatic hydroxyl groups excluding tert-OH is 1. The van der Waals surface area contributed by atoms with Crippen LogP contribution in [-0.4, -0.2) is 24.9 Å². The zero-order chi connectivity index (χ0) is 9.61. The summed E-state index contributed by atoms with van der Waals surface area (Å²) >= 11 is 0. The molecule has 0 aromatic heterocycles. The molecule has 0 radical (unpaired) electrons. The van der Waals surface area contributed by atoms with Gasteiger partial charge in [0, 0.05) is 13.2 Å². The number of hydrogen-bond donors (Lipinski definition) is 1. The van der Waals surface area contributed by atoms with Crippen LogP contribution < -0.4 is 0 Å². The van der Waals surface area contributed by atoms with Crippen molar-refractivity contribution in [3.63, 3.8) is 0 Å². The first-order valence-corrected chi connectivity index (χ1v) is 4.64. The summed E-state index contributed by atoms with van der Waals surface area (Å²) in [4.78, 5) is 0. The zero-order valence-corrected chi connectivity index (χ0v) is 8.76. The summed E-state index contributed by atoms with van der Waals surface area (Å²) in [7, 11) is 0. The highest BCUT2D eigenvalue weighted by atomic mass is 16.5. The second-order valence-electron chi connectivity index (χ2n) is 4.69. The standard InChI is InChI=1S/C10H22O2/c1-9(7-11)5-6-12-8-10(2,3)4/h9,11H,5-8H2,1-4H3. The highest BCUT2D eigenvalue weighted by molar-refractivity contribution is 4.59. The molecule has 0 rings (SSSR count). The summed E-state index contributed by atoms with van der Waals surface area (Å²) in [5.74, 6) is 0.366. The van der Waals surface area contributed by atoms with E-state index in [1.807, 2.05) is 6.92 Å². The van der Waals surface area contributed by atoms with E-state index in [-0.39, 0.29) is 12.0 Å². The van der Waals surface area contributed by atoms with Crippen molar-refractivity contribution in [1.82, 2.24) is 0 Å². The predicted octanol–water partition coefficient (Wildman–Crippen LogP) is 2.07. The fourth-order valence-electron chi connectivity index (χ4n) is 0.754. The Labute approximate surface area is 75.9 Å². The van der Waals surface area contributed by atoms with Crippen molar-refractivity contribution in [1.29, 1.82) is 0 Å². The van der Waals surface area contributed by atoms with Crippen molar-refractivity contribution in [2.75, 3.05) is 19.8 Å². The molecule has 1 N–H and O–H groups in total. The highest BCUT2D eigenvalue weighted by Gasteiger charge is 2.09. The van der Waals surface area contributed by atoms with Gasteiger partial charge >= 0.3 is 0 Å². The van der Waals surface area contributed by atoms with Crippen LogP contribution in [0.5, 0.6) is 0 Å². The van der Waals surface area contributed by atoms with Gasteiger partial charge in [-0.1, -0.05) is 27.7 Å². The van der Waals surface area contributed by atoms with E-state index >= 15 is 0 Å². The molecule has 1 atom stereocenters. The lowest BCUT2D eigenvalue weighted by Gasteiger charge is -2.18. The average Bonchev–Trinajstić information content (AvgIpc) is 1.96. The third-order valence-electron chi connectivity index (χ3n) is 1.60. The zero-order valence-electron chi connectivity index (χ0n) is 8.76. The smallest absolute Gasteiger partial charge is 0.0514 e. The minimum Gasteiger partial charge on any atom is -0.396 e. The maximum absolute atomic E-state index is 8.74. The first-order chi connectivity index (χ1) is 5.45. The van der Waals surface area contributed by atoms with E-state index in [4.69, 9.17) is 9.84 Å². The van der Waals surface area contributed by atoms with Gasteiger partial charge in [-0.25, -0.2) is 0 Å². The van der Waals surface area contributed by atoms with E-state index in [1.165, 1.54) is 0 Å². The van der Waals surface area contributed by atoms with E-state index in [0.717, 1.165) is 19.6 Å². The van der Waals surface area contributed by atoms with Crippen molar-refractivity contribution >= 4 is 0 Å². The lowest BCUT2D eigenvalue weighted by atomic mass is 9.99. The van der Waals surface area contributed by atoms with E-state index in [1.54, 1.807) is 0 Å². The van der Waals surface area contributed by atoms with Crippen LogP contribution in [0.15, 0.2) is 0 Å². The molecule has 0 heterocycles. The molecule has 0 aliphatic heterocycles. The first-order valence-electron chi connectivity index (χ1n) is 4.64. The largest absolute Gasteiger partial charge is 0.396 e. The minimum absolute atomic E-state index is 0.252. The van der Waals surface area contributed by atoms with Gasteiger partial charge in [-0.3, -0.25) is 0 Å². The Morgan fingerprint density at radius 1 is 1.33 bits per heavy atom. The molecule has 2 heteroatoms. The van der Waals surface area contributed by atoms with E-state index in [0.29, 0.717) is 5.92 Å². The van der Waals surface area contributed by atoms with Crippen LogP contribution in [-0.2, 0) is 4.74 Å². The molecule has 1 unspecified atom stereocenters. The van der Waals surface area contributed by atoms with Crippen molar-refractivity contribution in [2.45, 2.75) is 34.1 Å². The molecular weight excluding hydrogens is 152 g/mol. The molecule has 0 saturated heterocycles. The number of ether oxygens (including phenoxy) is 1. The quantitative estimate of drug-likeness (QED) is 0.646. The molecule has 74 valence electrons. The van der Waals surface area contributed by atoms with Crippen LogP contribution in [0.4, 0.5) is 0 Å². The van der Waals surface area contributed by atoms with Crippen molar-refractivity contribution in [3.8, 4) is 0 Å². The molecule has 0 fully saturated rings. The van der Waals surface area contributed by atoms with E-state index < -0.39 is 0 Å². The maximum Gasteiger partial charge on any atom is 0.0514 e. The average molecular weight is 174 g/mol. The Hall–Kier alpha value is -0.0800. The summed E-state index contributed by atoms with van der Waals surface area (Å²) in [6.45, 7) is 10.3. The van der Waals surface area contributed by atoms with Gasteiger partial charge in [-0.15, -0.1) is 0 Å². The molecule has 0 aromatic carbocycles. The number of aliphatic hydroxyl groups is 1. The van der Waals surface area contributed by atoms with Gasteiger partial charge in [-0.05, 0) is 17.8 Å². The monoisotopic (exact) mass is 174 g/mol. The lowest BCUT2D eigenvalue weighted by molar-refractivity contribution is 0.0585. The molecule has 2 nitrogen and oxygen atoms in total. The summed E-state index contributed by atoms with van der Waals surface area (Å²) in [6.07, 6.45) is 0.951. The fourth-order valence-corrected chi connectivity index (χ4v) is 0.754. The van der Waals surface area contributed by atoms with Crippen LogP contribution in [0.3, 0.4) is 0 Å². The lowest BCUT2D eigenvalue weighted by Crippen LogP contribution is -2.16. The Morgan fingerprint density at radius 3 is 2.33 bits per heavy atom. The van der Waals surface area contributed by atoms with Gasteiger partial charge in [0.1, 0.15) is 0 Å². The maximum atomic E-state index is 8.74. The van der Waals surface area contributed by atoms with Gasteiger partial charge in [0.15, 0.2) is 0 Å². The topological polar surface area (TPSA) is 29.5 Å². The Bertz CT molecular complexity index is 105. The second-order valence-corrected chi connectivity index (χ2v) is 4.69. The summed E-state index contributed by atoms with van der Waals surface area (Å²) in [5.41, 5.74) is 0.252. The molecule has 0 amide bonds. The molecular formula is C10H22O2. The summed E-state index contributed by atoms with van der Waals surface area (Å²) < 4.78 is 5.46. The van der Waals surface area contributed by atoms with Crippen molar-refractivity contribution in [3.05, 3.63) is 0 Å². The molecule has 0 spiro atoms. The Balaban J connectivity index is 3.22. The summed E-state index contributed by atoms with van der Waals surface area (Å²) in [5, 5.41) is 8.74. The second kappa shape index (κ2) is 5.55. The van der Waals surface area contributed by atoms with Gasteiger partial charge in [0.2, 0.25) is 0 Å². The molecule has 0 aliphatic carbocycles. The van der Waals surface area contributed by atoms with Gasteiger partial charge in [0.25, 0.3) is 0 Å². The van der Waals surface area contributed by atoms with Crippen LogP contribution >= 0.6 is 0 Å². The SMILES string of the molecule is CC(CO)CCOCC(C)(C)C. The predicted molar refractivity (Wildman–Crippen MR) is 51.1 cm³/mol.